The van der Waals surface area contributed by atoms with Crippen LogP contribution in [0.1, 0.15) is 16.9 Å². The van der Waals surface area contributed by atoms with E-state index in [1.54, 1.807) is 6.26 Å². The highest BCUT2D eigenvalue weighted by atomic mass is 32.1. The maximum atomic E-state index is 5.59. The second-order valence-corrected chi connectivity index (χ2v) is 6.93. The Morgan fingerprint density at radius 3 is 2.84 bits per heavy atom. The van der Waals surface area contributed by atoms with Crippen molar-refractivity contribution in [1.82, 2.24) is 15.1 Å². The number of nitrogens with zero attached hydrogens (tertiary/aromatic N) is 2. The van der Waals surface area contributed by atoms with E-state index in [4.69, 9.17) is 21.4 Å². The van der Waals surface area contributed by atoms with Gasteiger partial charge in [0.2, 0.25) is 0 Å². The van der Waals surface area contributed by atoms with Gasteiger partial charge >= 0.3 is 0 Å². The first-order valence-electron chi connectivity index (χ1n) is 8.80. The van der Waals surface area contributed by atoms with Crippen LogP contribution < -0.4 is 10.1 Å². The van der Waals surface area contributed by atoms with Crippen LogP contribution in [0.5, 0.6) is 5.75 Å². The first-order valence-corrected chi connectivity index (χ1v) is 9.21. The molecular formula is C19H23N3O2S. The summed E-state index contributed by atoms with van der Waals surface area (Å²) in [5.41, 5.74) is 2.72. The largest absolute Gasteiger partial charge is 0.493 e. The maximum Gasteiger partial charge on any atom is 0.169 e. The van der Waals surface area contributed by atoms with Crippen LogP contribution in [0.25, 0.3) is 0 Å². The zero-order valence-corrected chi connectivity index (χ0v) is 15.1. The average molecular weight is 357 g/mol. The van der Waals surface area contributed by atoms with Crippen molar-refractivity contribution in [2.75, 3.05) is 32.8 Å². The Morgan fingerprint density at radius 1 is 1.16 bits per heavy atom. The molecule has 0 radical (unpaired) electrons. The summed E-state index contributed by atoms with van der Waals surface area (Å²) in [6, 6.07) is 10.4. The fraction of sp³-hybridized carbons (Fsp3) is 0.421. The zero-order valence-electron chi connectivity index (χ0n) is 14.2. The van der Waals surface area contributed by atoms with Crippen molar-refractivity contribution in [1.29, 1.82) is 0 Å². The van der Waals surface area contributed by atoms with E-state index < -0.39 is 0 Å². The van der Waals surface area contributed by atoms with Crippen LogP contribution in [0, 0.1) is 0 Å². The van der Waals surface area contributed by atoms with Crippen LogP contribution in [-0.4, -0.2) is 47.7 Å². The van der Waals surface area contributed by atoms with E-state index in [-0.39, 0.29) is 0 Å². The van der Waals surface area contributed by atoms with Gasteiger partial charge in [-0.3, -0.25) is 4.90 Å². The minimum atomic E-state index is 0.642. The molecule has 1 aromatic carbocycles. The SMILES string of the molecule is S=C(NCc1ccco1)N1CCN(Cc2ccc3c(c2)CCO3)CC1. The Balaban J connectivity index is 1.24. The number of piperazine rings is 1. The third-order valence-electron chi connectivity index (χ3n) is 4.81. The second-order valence-electron chi connectivity index (χ2n) is 6.54. The average Bonchev–Trinajstić information content (AvgIpc) is 3.31. The van der Waals surface area contributed by atoms with Crippen molar-refractivity contribution >= 4 is 17.3 Å². The van der Waals surface area contributed by atoms with Gasteiger partial charge < -0.3 is 19.4 Å². The molecule has 2 aromatic rings. The molecule has 1 N–H and O–H groups in total. The lowest BCUT2D eigenvalue weighted by Crippen LogP contribution is -2.51. The van der Waals surface area contributed by atoms with Gasteiger partial charge in [-0.2, -0.15) is 0 Å². The Kier molecular flexibility index (Phi) is 4.90. The Morgan fingerprint density at radius 2 is 2.04 bits per heavy atom. The number of ether oxygens (including phenoxy) is 1. The predicted molar refractivity (Wildman–Crippen MR) is 101 cm³/mol. The molecule has 0 bridgehead atoms. The topological polar surface area (TPSA) is 40.9 Å². The van der Waals surface area contributed by atoms with Crippen molar-refractivity contribution in [2.24, 2.45) is 0 Å². The van der Waals surface area contributed by atoms with Gasteiger partial charge in [0.1, 0.15) is 11.5 Å². The molecule has 25 heavy (non-hydrogen) atoms. The summed E-state index contributed by atoms with van der Waals surface area (Å²) in [4.78, 5) is 4.73. The molecule has 0 atom stereocenters. The molecule has 0 aliphatic carbocycles. The molecule has 6 heteroatoms. The van der Waals surface area contributed by atoms with Gasteiger partial charge in [0.05, 0.1) is 19.4 Å². The molecule has 0 spiro atoms. The minimum absolute atomic E-state index is 0.642. The number of hydrogen-bond donors (Lipinski definition) is 1. The van der Waals surface area contributed by atoms with Crippen LogP contribution >= 0.6 is 12.2 Å². The molecule has 3 heterocycles. The second kappa shape index (κ2) is 7.45. The van der Waals surface area contributed by atoms with Crippen molar-refractivity contribution in [3.05, 3.63) is 53.5 Å². The van der Waals surface area contributed by atoms with Gasteiger partial charge in [0.15, 0.2) is 5.11 Å². The molecular weight excluding hydrogens is 334 g/mol. The van der Waals surface area contributed by atoms with E-state index in [1.165, 1.54) is 11.1 Å². The van der Waals surface area contributed by atoms with E-state index >= 15 is 0 Å². The van der Waals surface area contributed by atoms with Crippen LogP contribution in [0.4, 0.5) is 0 Å². The molecule has 0 unspecified atom stereocenters. The number of furan rings is 1. The highest BCUT2D eigenvalue weighted by Gasteiger charge is 2.20. The number of fused-ring (bicyclic) bond motifs is 1. The summed E-state index contributed by atoms with van der Waals surface area (Å²) in [5, 5.41) is 4.09. The van der Waals surface area contributed by atoms with Crippen LogP contribution in [0.2, 0.25) is 0 Å². The zero-order chi connectivity index (χ0) is 17.1. The molecule has 0 amide bonds. The van der Waals surface area contributed by atoms with Crippen molar-refractivity contribution in [3.8, 4) is 5.75 Å². The number of benzene rings is 1. The quantitative estimate of drug-likeness (QED) is 0.848. The Hall–Kier alpha value is -2.05. The summed E-state index contributed by atoms with van der Waals surface area (Å²) in [7, 11) is 0. The fourth-order valence-electron chi connectivity index (χ4n) is 3.39. The van der Waals surface area contributed by atoms with Crippen molar-refractivity contribution in [2.45, 2.75) is 19.5 Å². The monoisotopic (exact) mass is 357 g/mol. The lowest BCUT2D eigenvalue weighted by Gasteiger charge is -2.36. The molecule has 0 saturated carbocycles. The summed E-state index contributed by atoms with van der Waals surface area (Å²) in [6.07, 6.45) is 2.72. The standard InChI is InChI=1S/C19H23N3O2S/c25-19(20-13-17-2-1-10-23-17)22-8-6-21(7-9-22)14-15-3-4-18-16(12-15)5-11-24-18/h1-4,10,12H,5-9,11,13-14H2,(H,20,25). The van der Waals surface area contributed by atoms with Gasteiger partial charge in [0, 0.05) is 39.1 Å². The molecule has 1 saturated heterocycles. The van der Waals surface area contributed by atoms with Crippen LogP contribution in [-0.2, 0) is 19.5 Å². The highest BCUT2D eigenvalue weighted by Crippen LogP contribution is 2.26. The third kappa shape index (κ3) is 3.96. The summed E-state index contributed by atoms with van der Waals surface area (Å²) < 4.78 is 10.9. The van der Waals surface area contributed by atoms with Gasteiger partial charge in [-0.05, 0) is 41.5 Å². The highest BCUT2D eigenvalue weighted by molar-refractivity contribution is 7.80. The van der Waals surface area contributed by atoms with E-state index in [0.717, 1.165) is 62.4 Å². The number of rotatable bonds is 4. The first-order chi connectivity index (χ1) is 12.3. The van der Waals surface area contributed by atoms with Crippen molar-refractivity contribution in [3.63, 3.8) is 0 Å². The maximum absolute atomic E-state index is 5.59. The number of thiocarbonyl (C=S) groups is 1. The lowest BCUT2D eigenvalue weighted by molar-refractivity contribution is 0.174. The van der Waals surface area contributed by atoms with Gasteiger partial charge in [-0.1, -0.05) is 12.1 Å². The summed E-state index contributed by atoms with van der Waals surface area (Å²) in [6.45, 7) is 6.42. The molecule has 132 valence electrons. The van der Waals surface area contributed by atoms with Crippen LogP contribution in [0.3, 0.4) is 0 Å². The molecule has 1 aromatic heterocycles. The fourth-order valence-corrected chi connectivity index (χ4v) is 3.65. The molecule has 4 rings (SSSR count). The third-order valence-corrected chi connectivity index (χ3v) is 5.22. The Bertz CT molecular complexity index is 724. The molecule has 2 aliphatic heterocycles. The van der Waals surface area contributed by atoms with E-state index in [9.17, 15) is 0 Å². The molecule has 5 nitrogen and oxygen atoms in total. The van der Waals surface area contributed by atoms with E-state index in [0.29, 0.717) is 6.54 Å². The smallest absolute Gasteiger partial charge is 0.169 e. The number of hydrogen-bond acceptors (Lipinski definition) is 4. The Labute approximate surface area is 153 Å². The lowest BCUT2D eigenvalue weighted by atomic mass is 10.1. The van der Waals surface area contributed by atoms with Gasteiger partial charge in [-0.25, -0.2) is 0 Å². The first kappa shape index (κ1) is 16.4. The van der Waals surface area contributed by atoms with E-state index in [1.807, 2.05) is 12.1 Å². The van der Waals surface area contributed by atoms with Crippen molar-refractivity contribution < 1.29 is 9.15 Å². The predicted octanol–water partition coefficient (Wildman–Crippen LogP) is 2.41. The minimum Gasteiger partial charge on any atom is -0.493 e. The molecule has 2 aliphatic rings. The van der Waals surface area contributed by atoms with Crippen LogP contribution in [0.15, 0.2) is 41.0 Å². The van der Waals surface area contributed by atoms with E-state index in [2.05, 4.69) is 33.3 Å². The summed E-state index contributed by atoms with van der Waals surface area (Å²) >= 11 is 5.51. The normalized spacial score (nSPS) is 17.2. The molecule has 1 fully saturated rings. The summed E-state index contributed by atoms with van der Waals surface area (Å²) in [5.74, 6) is 1.96. The van der Waals surface area contributed by atoms with Gasteiger partial charge in [0.25, 0.3) is 0 Å². The number of nitrogens with one attached hydrogen (secondary N) is 1. The van der Waals surface area contributed by atoms with Gasteiger partial charge in [-0.15, -0.1) is 0 Å².